The van der Waals surface area contributed by atoms with Gasteiger partial charge in [-0.3, -0.25) is 4.79 Å². The van der Waals surface area contributed by atoms with Gasteiger partial charge in [-0.05, 0) is 33.9 Å². The number of carbonyl (C=O) groups is 1. The van der Waals surface area contributed by atoms with Crippen LogP contribution in [0.2, 0.25) is 0 Å². The Morgan fingerprint density at radius 2 is 1.58 bits per heavy atom. The first-order valence-corrected chi connectivity index (χ1v) is 8.20. The molecule has 0 fully saturated rings. The second-order valence-electron chi connectivity index (χ2n) is 6.34. The van der Waals surface area contributed by atoms with Gasteiger partial charge in [0, 0.05) is 5.92 Å². The van der Waals surface area contributed by atoms with E-state index < -0.39 is 11.9 Å². The predicted molar refractivity (Wildman–Crippen MR) is 96.9 cm³/mol. The Labute approximate surface area is 141 Å². The van der Waals surface area contributed by atoms with Crippen molar-refractivity contribution in [3.8, 4) is 0 Å². The molecule has 1 aliphatic carbocycles. The standard InChI is InChI=1S/C22H18O2/c23-22(24)21-14-19(15-6-2-1-3-7-15)13-20(21)18-11-10-16-8-4-5-9-17(16)12-18/h1-12,14,20-21H,13H2,(H,23,24)/t20-,21?/m0/s1. The molecule has 1 aliphatic rings. The van der Waals surface area contributed by atoms with Gasteiger partial charge in [-0.1, -0.05) is 78.9 Å². The van der Waals surface area contributed by atoms with E-state index in [4.69, 9.17) is 0 Å². The van der Waals surface area contributed by atoms with Crippen molar-refractivity contribution in [3.63, 3.8) is 0 Å². The molecule has 2 atom stereocenters. The van der Waals surface area contributed by atoms with Crippen molar-refractivity contribution in [2.45, 2.75) is 12.3 Å². The summed E-state index contributed by atoms with van der Waals surface area (Å²) in [6.07, 6.45) is 2.69. The number of hydrogen-bond acceptors (Lipinski definition) is 1. The van der Waals surface area contributed by atoms with Crippen molar-refractivity contribution in [3.05, 3.63) is 90.0 Å². The van der Waals surface area contributed by atoms with Gasteiger partial charge in [0.25, 0.3) is 0 Å². The number of fused-ring (bicyclic) bond motifs is 1. The normalized spacial score (nSPS) is 20.1. The largest absolute Gasteiger partial charge is 0.481 e. The monoisotopic (exact) mass is 314 g/mol. The van der Waals surface area contributed by atoms with Crippen molar-refractivity contribution in [1.82, 2.24) is 0 Å². The molecule has 24 heavy (non-hydrogen) atoms. The van der Waals surface area contributed by atoms with Crippen LogP contribution < -0.4 is 0 Å². The van der Waals surface area contributed by atoms with Gasteiger partial charge in [0.15, 0.2) is 0 Å². The average Bonchev–Trinajstić information content (AvgIpc) is 3.08. The molecule has 3 aromatic carbocycles. The van der Waals surface area contributed by atoms with Gasteiger partial charge in [0.05, 0.1) is 5.92 Å². The lowest BCUT2D eigenvalue weighted by Crippen LogP contribution is -2.16. The number of carboxylic acid groups (broad SMARTS) is 1. The quantitative estimate of drug-likeness (QED) is 0.729. The first kappa shape index (κ1) is 14.7. The number of benzene rings is 3. The van der Waals surface area contributed by atoms with Gasteiger partial charge in [0.1, 0.15) is 0 Å². The summed E-state index contributed by atoms with van der Waals surface area (Å²) >= 11 is 0. The second-order valence-corrected chi connectivity index (χ2v) is 6.34. The van der Waals surface area contributed by atoms with Gasteiger partial charge in [0.2, 0.25) is 0 Å². The lowest BCUT2D eigenvalue weighted by atomic mass is 9.86. The summed E-state index contributed by atoms with van der Waals surface area (Å²) in [5.74, 6) is -1.23. The Morgan fingerprint density at radius 1 is 0.875 bits per heavy atom. The van der Waals surface area contributed by atoms with Crippen molar-refractivity contribution in [1.29, 1.82) is 0 Å². The van der Waals surface area contributed by atoms with E-state index in [-0.39, 0.29) is 5.92 Å². The van der Waals surface area contributed by atoms with Gasteiger partial charge >= 0.3 is 5.97 Å². The second kappa shape index (κ2) is 5.97. The van der Waals surface area contributed by atoms with Crippen LogP contribution in [0.1, 0.15) is 23.5 Å². The third kappa shape index (κ3) is 2.61. The van der Waals surface area contributed by atoms with Crippen LogP contribution in [0.3, 0.4) is 0 Å². The maximum absolute atomic E-state index is 11.8. The summed E-state index contributed by atoms with van der Waals surface area (Å²) in [4.78, 5) is 11.8. The molecule has 0 bridgehead atoms. The molecule has 0 radical (unpaired) electrons. The molecule has 3 aromatic rings. The summed E-state index contributed by atoms with van der Waals surface area (Å²) in [7, 11) is 0. The first-order chi connectivity index (χ1) is 11.7. The van der Waals surface area contributed by atoms with Crippen LogP contribution in [0.25, 0.3) is 16.3 Å². The fourth-order valence-corrected chi connectivity index (χ4v) is 3.64. The van der Waals surface area contributed by atoms with E-state index >= 15 is 0 Å². The number of allylic oxidation sites excluding steroid dienone is 1. The van der Waals surface area contributed by atoms with E-state index in [0.717, 1.165) is 28.5 Å². The van der Waals surface area contributed by atoms with Crippen LogP contribution in [-0.2, 0) is 4.79 Å². The summed E-state index contributed by atoms with van der Waals surface area (Å²) in [6, 6.07) is 24.6. The SMILES string of the molecule is O=C(O)C1C=C(c2ccccc2)C[C@H]1c1ccc2ccccc2c1. The van der Waals surface area contributed by atoms with Crippen molar-refractivity contribution < 1.29 is 9.90 Å². The summed E-state index contributed by atoms with van der Waals surface area (Å²) in [5, 5.41) is 12.0. The van der Waals surface area contributed by atoms with Crippen LogP contribution in [0.15, 0.2) is 78.9 Å². The fraction of sp³-hybridized carbons (Fsp3) is 0.136. The number of hydrogen-bond donors (Lipinski definition) is 1. The molecule has 0 aromatic heterocycles. The lowest BCUT2D eigenvalue weighted by molar-refractivity contribution is -0.140. The molecule has 0 aliphatic heterocycles. The maximum atomic E-state index is 11.8. The molecule has 0 amide bonds. The minimum Gasteiger partial charge on any atom is -0.481 e. The van der Waals surface area contributed by atoms with E-state index in [2.05, 4.69) is 30.3 Å². The zero-order valence-electron chi connectivity index (χ0n) is 13.2. The molecule has 0 heterocycles. The summed E-state index contributed by atoms with van der Waals surface area (Å²) < 4.78 is 0. The molecule has 0 spiro atoms. The van der Waals surface area contributed by atoms with Crippen LogP contribution in [-0.4, -0.2) is 11.1 Å². The Hall–Kier alpha value is -2.87. The first-order valence-electron chi connectivity index (χ1n) is 8.20. The van der Waals surface area contributed by atoms with E-state index in [1.165, 1.54) is 5.39 Å². The summed E-state index contributed by atoms with van der Waals surface area (Å²) in [5.41, 5.74) is 3.34. The third-order valence-electron chi connectivity index (χ3n) is 4.89. The highest BCUT2D eigenvalue weighted by molar-refractivity contribution is 5.85. The zero-order chi connectivity index (χ0) is 16.5. The molecule has 118 valence electrons. The van der Waals surface area contributed by atoms with Gasteiger partial charge in [-0.15, -0.1) is 0 Å². The minimum atomic E-state index is -0.751. The van der Waals surface area contributed by atoms with E-state index in [1.807, 2.05) is 48.5 Å². The number of carboxylic acids is 1. The number of aliphatic carboxylic acids is 1. The van der Waals surface area contributed by atoms with Crippen molar-refractivity contribution in [2.75, 3.05) is 0 Å². The van der Waals surface area contributed by atoms with Crippen molar-refractivity contribution >= 4 is 22.3 Å². The average molecular weight is 314 g/mol. The van der Waals surface area contributed by atoms with Crippen LogP contribution in [0.5, 0.6) is 0 Å². The highest BCUT2D eigenvalue weighted by atomic mass is 16.4. The van der Waals surface area contributed by atoms with E-state index in [0.29, 0.717) is 0 Å². The van der Waals surface area contributed by atoms with Crippen LogP contribution in [0, 0.1) is 5.92 Å². The minimum absolute atomic E-state index is 0.0117. The Balaban J connectivity index is 1.72. The molecule has 1 N–H and O–H groups in total. The molecule has 1 unspecified atom stereocenters. The van der Waals surface area contributed by atoms with Crippen LogP contribution in [0.4, 0.5) is 0 Å². The predicted octanol–water partition coefficient (Wildman–Crippen LogP) is 5.11. The zero-order valence-corrected chi connectivity index (χ0v) is 13.2. The molecular formula is C22H18O2. The van der Waals surface area contributed by atoms with Crippen LogP contribution >= 0.6 is 0 Å². The van der Waals surface area contributed by atoms with E-state index in [9.17, 15) is 9.90 Å². The number of rotatable bonds is 3. The Morgan fingerprint density at radius 3 is 2.33 bits per heavy atom. The molecular weight excluding hydrogens is 296 g/mol. The maximum Gasteiger partial charge on any atom is 0.311 e. The van der Waals surface area contributed by atoms with Gasteiger partial charge < -0.3 is 5.11 Å². The molecule has 2 nitrogen and oxygen atoms in total. The Bertz CT molecular complexity index is 925. The highest BCUT2D eigenvalue weighted by Gasteiger charge is 2.34. The Kier molecular flexibility index (Phi) is 3.66. The van der Waals surface area contributed by atoms with Crippen molar-refractivity contribution in [2.24, 2.45) is 5.92 Å². The smallest absolute Gasteiger partial charge is 0.311 e. The topological polar surface area (TPSA) is 37.3 Å². The molecule has 0 saturated carbocycles. The highest BCUT2D eigenvalue weighted by Crippen LogP contribution is 2.43. The summed E-state index contributed by atoms with van der Waals surface area (Å²) in [6.45, 7) is 0. The molecule has 0 saturated heterocycles. The van der Waals surface area contributed by atoms with E-state index in [1.54, 1.807) is 0 Å². The third-order valence-corrected chi connectivity index (χ3v) is 4.89. The van der Waals surface area contributed by atoms with Gasteiger partial charge in [-0.2, -0.15) is 0 Å². The molecule has 2 heteroatoms. The van der Waals surface area contributed by atoms with Gasteiger partial charge in [-0.25, -0.2) is 0 Å². The fourth-order valence-electron chi connectivity index (χ4n) is 3.64. The molecule has 4 rings (SSSR count). The lowest BCUT2D eigenvalue weighted by Gasteiger charge is -2.17.